The zero-order valence-corrected chi connectivity index (χ0v) is 17.6. The van der Waals surface area contributed by atoms with Crippen LogP contribution in [0.15, 0.2) is 60.0 Å². The van der Waals surface area contributed by atoms with Crippen molar-refractivity contribution in [3.8, 4) is 0 Å². The molecule has 6 nitrogen and oxygen atoms in total. The van der Waals surface area contributed by atoms with E-state index in [4.69, 9.17) is 4.98 Å². The molecule has 0 N–H and O–H groups in total. The largest absolute Gasteiger partial charge is 0.339 e. The second-order valence-corrected chi connectivity index (χ2v) is 9.68. The molecular formula is C22H26N4O2S. The topological polar surface area (TPSA) is 68.1 Å². The van der Waals surface area contributed by atoms with Crippen LogP contribution in [-0.4, -0.2) is 40.3 Å². The van der Waals surface area contributed by atoms with Crippen LogP contribution in [0.5, 0.6) is 0 Å². The van der Waals surface area contributed by atoms with E-state index >= 15 is 0 Å². The summed E-state index contributed by atoms with van der Waals surface area (Å²) in [5.74, 6) is 0.0969. The molecule has 3 heterocycles. The lowest BCUT2D eigenvalue weighted by molar-refractivity contribution is 0.311. The van der Waals surface area contributed by atoms with Gasteiger partial charge in [0.2, 0.25) is 0 Å². The highest BCUT2D eigenvalue weighted by atomic mass is 32.2. The molecule has 0 bridgehead atoms. The van der Waals surface area contributed by atoms with E-state index in [9.17, 15) is 8.42 Å². The van der Waals surface area contributed by atoms with E-state index in [0.29, 0.717) is 13.1 Å². The first-order chi connectivity index (χ1) is 13.9. The van der Waals surface area contributed by atoms with Crippen LogP contribution in [0.4, 0.5) is 0 Å². The Morgan fingerprint density at radius 1 is 1.17 bits per heavy atom. The molecule has 3 aromatic rings. The third kappa shape index (κ3) is 4.41. The Bertz CT molecular complexity index is 1110. The van der Waals surface area contributed by atoms with E-state index in [1.807, 2.05) is 18.2 Å². The maximum Gasteiger partial charge on any atom is 0.262 e. The van der Waals surface area contributed by atoms with Crippen molar-refractivity contribution in [1.29, 1.82) is 0 Å². The Morgan fingerprint density at radius 2 is 2.00 bits per heavy atom. The van der Waals surface area contributed by atoms with Gasteiger partial charge in [-0.2, -0.15) is 4.31 Å². The van der Waals surface area contributed by atoms with Crippen LogP contribution in [-0.2, 0) is 23.5 Å². The van der Waals surface area contributed by atoms with Crippen molar-refractivity contribution in [3.05, 3.63) is 77.5 Å². The van der Waals surface area contributed by atoms with Crippen LogP contribution in [0.2, 0.25) is 0 Å². The van der Waals surface area contributed by atoms with Crippen LogP contribution in [0.3, 0.4) is 0 Å². The number of benzene rings is 1. The van der Waals surface area contributed by atoms with Gasteiger partial charge in [0.15, 0.2) is 5.03 Å². The standard InChI is InChI=1S/C22H26N4O2S/c1-17-6-3-7-18(12-17)13-20-9-4-10-21(24-20)19-8-5-11-26(14-19)29(27,28)22-15-25(2)16-23-22/h3-4,6-7,9-10,12,15-16,19H,5,8,11,13-14H2,1-2H3/t19-/m0/s1. The van der Waals surface area contributed by atoms with E-state index in [1.54, 1.807) is 22.1 Å². The molecule has 29 heavy (non-hydrogen) atoms. The predicted molar refractivity (Wildman–Crippen MR) is 112 cm³/mol. The number of pyridine rings is 1. The highest BCUT2D eigenvalue weighted by Gasteiger charge is 2.32. The van der Waals surface area contributed by atoms with Gasteiger partial charge in [0, 0.05) is 50.1 Å². The quantitative estimate of drug-likeness (QED) is 0.647. The van der Waals surface area contributed by atoms with Crippen molar-refractivity contribution in [2.45, 2.75) is 37.1 Å². The molecule has 1 fully saturated rings. The second kappa shape index (κ2) is 8.08. The molecular weight excluding hydrogens is 384 g/mol. The molecule has 4 rings (SSSR count). The fourth-order valence-electron chi connectivity index (χ4n) is 3.91. The minimum absolute atomic E-state index is 0.0969. The lowest BCUT2D eigenvalue weighted by atomic mass is 9.95. The maximum absolute atomic E-state index is 12.9. The summed E-state index contributed by atoms with van der Waals surface area (Å²) in [4.78, 5) is 8.92. The normalized spacial score (nSPS) is 18.1. The molecule has 0 radical (unpaired) electrons. The second-order valence-electron chi connectivity index (χ2n) is 7.80. The van der Waals surface area contributed by atoms with Gasteiger partial charge in [-0.05, 0) is 37.5 Å². The molecule has 0 spiro atoms. The van der Waals surface area contributed by atoms with Crippen molar-refractivity contribution >= 4 is 10.0 Å². The van der Waals surface area contributed by atoms with Crippen molar-refractivity contribution in [2.75, 3.05) is 13.1 Å². The summed E-state index contributed by atoms with van der Waals surface area (Å²) in [5.41, 5.74) is 4.45. The fraction of sp³-hybridized carbons (Fsp3) is 0.364. The van der Waals surface area contributed by atoms with Gasteiger partial charge in [-0.3, -0.25) is 4.98 Å². The number of piperidine rings is 1. The van der Waals surface area contributed by atoms with Crippen LogP contribution in [0.1, 0.15) is 41.3 Å². The number of hydrogen-bond acceptors (Lipinski definition) is 4. The zero-order chi connectivity index (χ0) is 20.4. The van der Waals surface area contributed by atoms with E-state index < -0.39 is 10.0 Å². The van der Waals surface area contributed by atoms with Crippen LogP contribution in [0, 0.1) is 6.92 Å². The summed E-state index contributed by atoms with van der Waals surface area (Å²) in [6.45, 7) is 3.06. The lowest BCUT2D eigenvalue weighted by Gasteiger charge is -2.31. The van der Waals surface area contributed by atoms with Gasteiger partial charge in [-0.25, -0.2) is 13.4 Å². The molecule has 1 atom stereocenters. The third-order valence-corrected chi connectivity index (χ3v) is 7.13. The summed E-state index contributed by atoms with van der Waals surface area (Å²) in [5, 5.41) is 0.113. The Balaban J connectivity index is 1.52. The van der Waals surface area contributed by atoms with Gasteiger partial charge < -0.3 is 4.57 Å². The average Bonchev–Trinajstić information content (AvgIpc) is 3.16. The maximum atomic E-state index is 12.9. The van der Waals surface area contributed by atoms with E-state index in [2.05, 4.69) is 36.2 Å². The van der Waals surface area contributed by atoms with Crippen molar-refractivity contribution < 1.29 is 8.42 Å². The van der Waals surface area contributed by atoms with E-state index in [1.165, 1.54) is 17.5 Å². The zero-order valence-electron chi connectivity index (χ0n) is 16.8. The predicted octanol–water partition coefficient (Wildman–Crippen LogP) is 3.28. The van der Waals surface area contributed by atoms with Gasteiger partial charge in [0.25, 0.3) is 10.0 Å². The molecule has 7 heteroatoms. The summed E-state index contributed by atoms with van der Waals surface area (Å²) in [6.07, 6.45) is 5.61. The minimum atomic E-state index is -3.57. The van der Waals surface area contributed by atoms with Crippen LogP contribution >= 0.6 is 0 Å². The smallest absolute Gasteiger partial charge is 0.262 e. The number of imidazole rings is 1. The third-order valence-electron chi connectivity index (χ3n) is 5.38. The van der Waals surface area contributed by atoms with Gasteiger partial charge >= 0.3 is 0 Å². The summed E-state index contributed by atoms with van der Waals surface area (Å²) >= 11 is 0. The monoisotopic (exact) mass is 410 g/mol. The SMILES string of the molecule is Cc1cccc(Cc2cccc([C@H]3CCCN(S(=O)(=O)c4cn(C)cn4)C3)n2)c1. The summed E-state index contributed by atoms with van der Waals surface area (Å²) in [6, 6.07) is 14.5. The van der Waals surface area contributed by atoms with E-state index in [-0.39, 0.29) is 10.9 Å². The number of hydrogen-bond donors (Lipinski definition) is 0. The Morgan fingerprint density at radius 3 is 2.76 bits per heavy atom. The van der Waals surface area contributed by atoms with Gasteiger partial charge in [0.1, 0.15) is 0 Å². The fourth-order valence-corrected chi connectivity index (χ4v) is 5.40. The molecule has 2 aromatic heterocycles. The Hall–Kier alpha value is -2.51. The summed E-state index contributed by atoms with van der Waals surface area (Å²) in [7, 11) is -1.80. The molecule has 0 saturated carbocycles. The first-order valence-corrected chi connectivity index (χ1v) is 11.4. The minimum Gasteiger partial charge on any atom is -0.339 e. The lowest BCUT2D eigenvalue weighted by Crippen LogP contribution is -2.39. The van der Waals surface area contributed by atoms with Crippen molar-refractivity contribution in [1.82, 2.24) is 18.8 Å². The molecule has 1 aromatic carbocycles. The Labute approximate surface area is 172 Å². The molecule has 152 valence electrons. The first kappa shape index (κ1) is 19.8. The first-order valence-electron chi connectivity index (χ1n) is 9.91. The number of aryl methyl sites for hydroxylation is 2. The highest BCUT2D eigenvalue weighted by molar-refractivity contribution is 7.89. The van der Waals surface area contributed by atoms with Gasteiger partial charge in [-0.15, -0.1) is 0 Å². The molecule has 1 aliphatic heterocycles. The molecule has 0 unspecified atom stereocenters. The number of rotatable bonds is 5. The van der Waals surface area contributed by atoms with Gasteiger partial charge in [0.05, 0.1) is 6.33 Å². The van der Waals surface area contributed by atoms with Crippen molar-refractivity contribution in [2.24, 2.45) is 7.05 Å². The van der Waals surface area contributed by atoms with Crippen LogP contribution in [0.25, 0.3) is 0 Å². The van der Waals surface area contributed by atoms with Crippen molar-refractivity contribution in [3.63, 3.8) is 0 Å². The van der Waals surface area contributed by atoms with Gasteiger partial charge in [-0.1, -0.05) is 35.9 Å². The molecule has 0 amide bonds. The molecule has 1 aliphatic rings. The molecule has 1 saturated heterocycles. The Kier molecular flexibility index (Phi) is 5.52. The van der Waals surface area contributed by atoms with Crippen LogP contribution < -0.4 is 0 Å². The highest BCUT2D eigenvalue weighted by Crippen LogP contribution is 2.29. The number of sulfonamides is 1. The summed E-state index contributed by atoms with van der Waals surface area (Å²) < 4.78 is 29.1. The number of aromatic nitrogens is 3. The molecule has 0 aliphatic carbocycles. The number of nitrogens with zero attached hydrogens (tertiary/aromatic N) is 4. The van der Waals surface area contributed by atoms with E-state index in [0.717, 1.165) is 30.7 Å². The average molecular weight is 411 g/mol.